The Balaban J connectivity index is 2.34. The molecule has 20 heavy (non-hydrogen) atoms. The lowest BCUT2D eigenvalue weighted by Gasteiger charge is -2.11. The Morgan fingerprint density at radius 3 is 2.65 bits per heavy atom. The van der Waals surface area contributed by atoms with Crippen molar-refractivity contribution in [3.05, 3.63) is 46.3 Å². The van der Waals surface area contributed by atoms with Crippen LogP contribution in [0.4, 0.5) is 11.5 Å². The van der Waals surface area contributed by atoms with Crippen molar-refractivity contribution in [1.29, 1.82) is 0 Å². The van der Waals surface area contributed by atoms with Crippen LogP contribution in [0.1, 0.15) is 22.8 Å². The molecule has 1 heterocycles. The van der Waals surface area contributed by atoms with Gasteiger partial charge in [0.05, 0.1) is 6.61 Å². The van der Waals surface area contributed by atoms with Gasteiger partial charge in [-0.2, -0.15) is 0 Å². The highest BCUT2D eigenvalue weighted by molar-refractivity contribution is 9.10. The van der Waals surface area contributed by atoms with Crippen molar-refractivity contribution in [2.45, 2.75) is 13.8 Å². The van der Waals surface area contributed by atoms with Crippen LogP contribution in [0.3, 0.4) is 0 Å². The number of benzene rings is 1. The second kappa shape index (κ2) is 6.47. The molecule has 0 spiro atoms. The number of aryl methyl sites for hydroxylation is 1. The topological polar surface area (TPSA) is 64.1 Å². The molecule has 0 aliphatic carbocycles. The number of aromatic nitrogens is 2. The molecule has 0 atom stereocenters. The van der Waals surface area contributed by atoms with E-state index in [1.54, 1.807) is 6.92 Å². The maximum absolute atomic E-state index is 12.0. The van der Waals surface area contributed by atoms with Crippen molar-refractivity contribution < 1.29 is 9.53 Å². The molecule has 5 nitrogen and oxygen atoms in total. The Kier molecular flexibility index (Phi) is 4.68. The molecule has 1 N–H and O–H groups in total. The number of rotatable bonds is 4. The van der Waals surface area contributed by atoms with E-state index in [0.717, 1.165) is 11.3 Å². The van der Waals surface area contributed by atoms with Gasteiger partial charge in [-0.15, -0.1) is 0 Å². The number of hydrogen-bond acceptors (Lipinski definition) is 5. The van der Waals surface area contributed by atoms with Crippen LogP contribution in [0, 0.1) is 6.92 Å². The number of nitrogens with one attached hydrogen (secondary N) is 1. The second-order valence-electron chi connectivity index (χ2n) is 4.10. The van der Waals surface area contributed by atoms with Crippen LogP contribution in [0.25, 0.3) is 0 Å². The molecule has 0 aliphatic rings. The minimum absolute atomic E-state index is 0.287. The quantitative estimate of drug-likeness (QED) is 0.684. The fraction of sp³-hybridized carbons (Fsp3) is 0.214. The standard InChI is InChI=1S/C14H14BrN3O2/c1-3-20-14(19)11-12(15)16-8-17-13(11)18-10-6-4-9(2)5-7-10/h4-8H,3H2,1-2H3,(H,16,17,18). The molecule has 0 saturated carbocycles. The number of halogens is 1. The number of esters is 1. The average molecular weight is 336 g/mol. The summed E-state index contributed by atoms with van der Waals surface area (Å²) in [5.41, 5.74) is 2.28. The van der Waals surface area contributed by atoms with E-state index in [4.69, 9.17) is 4.74 Å². The van der Waals surface area contributed by atoms with Gasteiger partial charge in [0.1, 0.15) is 22.3 Å². The lowest BCUT2D eigenvalue weighted by atomic mass is 10.2. The van der Waals surface area contributed by atoms with E-state index in [2.05, 4.69) is 31.2 Å². The van der Waals surface area contributed by atoms with Gasteiger partial charge < -0.3 is 10.1 Å². The zero-order valence-electron chi connectivity index (χ0n) is 11.2. The van der Waals surface area contributed by atoms with E-state index in [1.165, 1.54) is 6.33 Å². The summed E-state index contributed by atoms with van der Waals surface area (Å²) in [4.78, 5) is 20.0. The normalized spacial score (nSPS) is 10.2. The molecular formula is C14H14BrN3O2. The van der Waals surface area contributed by atoms with E-state index < -0.39 is 5.97 Å². The summed E-state index contributed by atoms with van der Waals surface area (Å²) >= 11 is 3.25. The summed E-state index contributed by atoms with van der Waals surface area (Å²) in [5, 5.41) is 3.10. The number of carbonyl (C=O) groups excluding carboxylic acids is 1. The fourth-order valence-corrected chi connectivity index (χ4v) is 2.06. The molecule has 0 fully saturated rings. The molecule has 1 aromatic heterocycles. The van der Waals surface area contributed by atoms with Crippen molar-refractivity contribution in [2.24, 2.45) is 0 Å². The molecule has 0 saturated heterocycles. The number of hydrogen-bond donors (Lipinski definition) is 1. The minimum Gasteiger partial charge on any atom is -0.462 e. The summed E-state index contributed by atoms with van der Waals surface area (Å²) in [6.07, 6.45) is 1.38. The highest BCUT2D eigenvalue weighted by atomic mass is 79.9. The first-order valence-electron chi connectivity index (χ1n) is 6.13. The summed E-state index contributed by atoms with van der Waals surface area (Å²) in [6.45, 7) is 4.06. The number of anilines is 2. The summed E-state index contributed by atoms with van der Waals surface area (Å²) < 4.78 is 5.42. The van der Waals surface area contributed by atoms with Crippen LogP contribution in [0.2, 0.25) is 0 Å². The monoisotopic (exact) mass is 335 g/mol. The lowest BCUT2D eigenvalue weighted by molar-refractivity contribution is 0.0525. The predicted octanol–water partition coefficient (Wildman–Crippen LogP) is 3.47. The first kappa shape index (κ1) is 14.5. The maximum Gasteiger partial charge on any atom is 0.344 e. The maximum atomic E-state index is 12.0. The van der Waals surface area contributed by atoms with Crippen LogP contribution >= 0.6 is 15.9 Å². The Bertz CT molecular complexity index is 614. The molecule has 2 rings (SSSR count). The van der Waals surface area contributed by atoms with E-state index in [0.29, 0.717) is 17.0 Å². The van der Waals surface area contributed by atoms with Gasteiger partial charge in [-0.05, 0) is 41.9 Å². The van der Waals surface area contributed by atoms with Gasteiger partial charge in [0.25, 0.3) is 0 Å². The third-order valence-corrected chi connectivity index (χ3v) is 3.20. The van der Waals surface area contributed by atoms with Gasteiger partial charge in [0.2, 0.25) is 0 Å². The minimum atomic E-state index is -0.463. The van der Waals surface area contributed by atoms with E-state index in [1.807, 2.05) is 31.2 Å². The first-order chi connectivity index (χ1) is 9.61. The van der Waals surface area contributed by atoms with E-state index >= 15 is 0 Å². The Hall–Kier alpha value is -1.95. The van der Waals surface area contributed by atoms with Crippen LogP contribution in [0.15, 0.2) is 35.2 Å². The van der Waals surface area contributed by atoms with Gasteiger partial charge in [-0.25, -0.2) is 14.8 Å². The molecule has 104 valence electrons. The van der Waals surface area contributed by atoms with Gasteiger partial charge in [0, 0.05) is 5.69 Å². The molecule has 2 aromatic rings. The molecule has 6 heteroatoms. The van der Waals surface area contributed by atoms with Crippen LogP contribution in [0.5, 0.6) is 0 Å². The van der Waals surface area contributed by atoms with Crippen molar-refractivity contribution in [2.75, 3.05) is 11.9 Å². The third kappa shape index (κ3) is 3.33. The number of carbonyl (C=O) groups is 1. The Morgan fingerprint density at radius 2 is 2.00 bits per heavy atom. The van der Waals surface area contributed by atoms with Crippen molar-refractivity contribution >= 4 is 33.4 Å². The predicted molar refractivity (Wildman–Crippen MR) is 80.2 cm³/mol. The van der Waals surface area contributed by atoms with Gasteiger partial charge in [-0.1, -0.05) is 17.7 Å². The smallest absolute Gasteiger partial charge is 0.344 e. The highest BCUT2D eigenvalue weighted by Crippen LogP contribution is 2.24. The molecule has 0 bridgehead atoms. The molecule has 0 unspecified atom stereocenters. The third-order valence-electron chi connectivity index (χ3n) is 2.59. The first-order valence-corrected chi connectivity index (χ1v) is 6.92. The van der Waals surface area contributed by atoms with Crippen molar-refractivity contribution in [3.8, 4) is 0 Å². The van der Waals surface area contributed by atoms with Crippen LogP contribution < -0.4 is 5.32 Å². The molecule has 1 aromatic carbocycles. The van der Waals surface area contributed by atoms with Crippen molar-refractivity contribution in [1.82, 2.24) is 9.97 Å². The van der Waals surface area contributed by atoms with Crippen LogP contribution in [-0.2, 0) is 4.74 Å². The summed E-state index contributed by atoms with van der Waals surface area (Å²) in [5.74, 6) is -0.0521. The zero-order valence-corrected chi connectivity index (χ0v) is 12.8. The fourth-order valence-electron chi connectivity index (χ4n) is 1.62. The molecule has 0 amide bonds. The largest absolute Gasteiger partial charge is 0.462 e. The number of ether oxygens (including phenoxy) is 1. The average Bonchev–Trinajstić information content (AvgIpc) is 2.42. The van der Waals surface area contributed by atoms with Gasteiger partial charge in [0.15, 0.2) is 0 Å². The Morgan fingerprint density at radius 1 is 1.30 bits per heavy atom. The summed E-state index contributed by atoms with van der Waals surface area (Å²) in [7, 11) is 0. The SMILES string of the molecule is CCOC(=O)c1c(Br)ncnc1Nc1ccc(C)cc1. The molecule has 0 aliphatic heterocycles. The lowest BCUT2D eigenvalue weighted by Crippen LogP contribution is -2.11. The van der Waals surface area contributed by atoms with Crippen molar-refractivity contribution in [3.63, 3.8) is 0 Å². The summed E-state index contributed by atoms with van der Waals surface area (Å²) in [6, 6.07) is 7.78. The Labute approximate surface area is 125 Å². The number of nitrogens with zero attached hydrogens (tertiary/aromatic N) is 2. The second-order valence-corrected chi connectivity index (χ2v) is 4.85. The zero-order chi connectivity index (χ0) is 14.5. The molecule has 0 radical (unpaired) electrons. The van der Waals surface area contributed by atoms with Crippen LogP contribution in [-0.4, -0.2) is 22.5 Å². The molecular weight excluding hydrogens is 322 g/mol. The van der Waals surface area contributed by atoms with E-state index in [-0.39, 0.29) is 5.56 Å². The highest BCUT2D eigenvalue weighted by Gasteiger charge is 2.19. The van der Waals surface area contributed by atoms with Gasteiger partial charge >= 0.3 is 5.97 Å². The van der Waals surface area contributed by atoms with Gasteiger partial charge in [-0.3, -0.25) is 0 Å². The van der Waals surface area contributed by atoms with E-state index in [9.17, 15) is 4.79 Å².